The van der Waals surface area contributed by atoms with Crippen molar-refractivity contribution in [3.8, 4) is 23.7 Å². The van der Waals surface area contributed by atoms with E-state index in [-0.39, 0.29) is 6.10 Å². The summed E-state index contributed by atoms with van der Waals surface area (Å²) < 4.78 is 10.9. The number of aldehydes is 1. The van der Waals surface area contributed by atoms with Gasteiger partial charge in [-0.2, -0.15) is 0 Å². The number of rotatable bonds is 4. The molecule has 0 saturated carbocycles. The molecule has 92 valence electrons. The van der Waals surface area contributed by atoms with Crippen LogP contribution in [0.5, 0.6) is 0 Å². The molecule has 0 bridgehead atoms. The molecule has 1 atom stereocenters. The van der Waals surface area contributed by atoms with Gasteiger partial charge in [0.05, 0.1) is 6.61 Å². The summed E-state index contributed by atoms with van der Waals surface area (Å²) >= 11 is 0. The maximum Gasteiger partial charge on any atom is 0.164 e. The summed E-state index contributed by atoms with van der Waals surface area (Å²) in [5.74, 6) is 10.9. The first-order valence-corrected chi connectivity index (χ1v) is 5.88. The van der Waals surface area contributed by atoms with E-state index in [0.717, 1.165) is 25.5 Å². The summed E-state index contributed by atoms with van der Waals surface area (Å²) in [5, 5.41) is 0. The van der Waals surface area contributed by atoms with Crippen molar-refractivity contribution in [1.82, 2.24) is 0 Å². The number of carbonyl (C=O) groups excluding carboxylic acids is 1. The van der Waals surface area contributed by atoms with Crippen LogP contribution in [0.15, 0.2) is 0 Å². The van der Waals surface area contributed by atoms with Crippen molar-refractivity contribution in [2.45, 2.75) is 51.4 Å². The van der Waals surface area contributed by atoms with Crippen molar-refractivity contribution in [1.29, 1.82) is 0 Å². The molecule has 3 heteroatoms. The van der Waals surface area contributed by atoms with Crippen LogP contribution in [-0.2, 0) is 14.3 Å². The lowest BCUT2D eigenvalue weighted by Gasteiger charge is -2.14. The fourth-order valence-corrected chi connectivity index (χ4v) is 1.42. The molecule has 1 aliphatic heterocycles. The van der Waals surface area contributed by atoms with Crippen LogP contribution in [0.25, 0.3) is 0 Å². The number of hydrogen-bond donors (Lipinski definition) is 0. The zero-order valence-electron chi connectivity index (χ0n) is 10.4. The molecule has 0 amide bonds. The first-order valence-electron chi connectivity index (χ1n) is 5.88. The van der Waals surface area contributed by atoms with Gasteiger partial charge >= 0.3 is 0 Å². The van der Waals surface area contributed by atoms with Gasteiger partial charge in [-0.15, -0.1) is 0 Å². The smallest absolute Gasteiger partial charge is 0.164 e. The van der Waals surface area contributed by atoms with Crippen LogP contribution in [0.3, 0.4) is 0 Å². The summed E-state index contributed by atoms with van der Waals surface area (Å²) in [5.41, 5.74) is 0. The lowest BCUT2D eigenvalue weighted by molar-refractivity contribution is -0.132. The van der Waals surface area contributed by atoms with Gasteiger partial charge in [0, 0.05) is 12.8 Å². The van der Waals surface area contributed by atoms with Gasteiger partial charge in [0.2, 0.25) is 0 Å². The Bertz CT molecular complexity index is 362. The largest absolute Gasteiger partial charge is 0.347 e. The fourth-order valence-electron chi connectivity index (χ4n) is 1.42. The van der Waals surface area contributed by atoms with Gasteiger partial charge in [-0.1, -0.05) is 11.8 Å². The van der Waals surface area contributed by atoms with E-state index in [1.54, 1.807) is 0 Å². The standard InChI is InChI=1S/C14H18O3/c1-14(2)16-12-13(17-14)10-8-6-4-3-5-7-9-11-15/h11,13H,3,5,7,9,12H2,1-2H3/t13-/m0/s1. The molecule has 0 aromatic heterocycles. The number of unbranched alkanes of at least 4 members (excludes halogenated alkanes) is 3. The quantitative estimate of drug-likeness (QED) is 0.423. The Labute approximate surface area is 103 Å². The van der Waals surface area contributed by atoms with Crippen molar-refractivity contribution in [3.05, 3.63) is 0 Å². The second-order valence-corrected chi connectivity index (χ2v) is 4.30. The van der Waals surface area contributed by atoms with Crippen molar-refractivity contribution in [3.63, 3.8) is 0 Å². The number of carbonyl (C=O) groups is 1. The van der Waals surface area contributed by atoms with Gasteiger partial charge in [-0.25, -0.2) is 0 Å². The second-order valence-electron chi connectivity index (χ2n) is 4.30. The average molecular weight is 234 g/mol. The van der Waals surface area contributed by atoms with E-state index in [9.17, 15) is 4.79 Å². The van der Waals surface area contributed by atoms with E-state index < -0.39 is 5.79 Å². The molecule has 0 unspecified atom stereocenters. The Hall–Kier alpha value is -1.29. The van der Waals surface area contributed by atoms with Gasteiger partial charge in [-0.05, 0) is 38.5 Å². The number of hydrogen-bond acceptors (Lipinski definition) is 3. The zero-order chi connectivity index (χ0) is 12.6. The van der Waals surface area contributed by atoms with E-state index in [1.165, 1.54) is 0 Å². The third kappa shape index (κ3) is 6.12. The van der Waals surface area contributed by atoms with Crippen LogP contribution >= 0.6 is 0 Å². The summed E-state index contributed by atoms with van der Waals surface area (Å²) in [4.78, 5) is 10.1. The lowest BCUT2D eigenvalue weighted by atomic mass is 10.2. The third-order valence-corrected chi connectivity index (χ3v) is 2.27. The van der Waals surface area contributed by atoms with Crippen LogP contribution in [0.4, 0.5) is 0 Å². The normalized spacial score (nSPS) is 20.9. The third-order valence-electron chi connectivity index (χ3n) is 2.27. The maximum absolute atomic E-state index is 10.1. The number of ether oxygens (including phenoxy) is 2. The molecule has 1 aliphatic rings. The van der Waals surface area contributed by atoms with E-state index in [2.05, 4.69) is 23.7 Å². The molecule has 0 spiro atoms. The van der Waals surface area contributed by atoms with E-state index in [0.29, 0.717) is 13.0 Å². The lowest BCUT2D eigenvalue weighted by Crippen LogP contribution is -2.20. The molecule has 1 saturated heterocycles. The first kappa shape index (κ1) is 13.8. The summed E-state index contributed by atoms with van der Waals surface area (Å²) in [7, 11) is 0. The topological polar surface area (TPSA) is 35.5 Å². The average Bonchev–Trinajstić information content (AvgIpc) is 2.62. The summed E-state index contributed by atoms with van der Waals surface area (Å²) in [6.07, 6.45) is 4.02. The van der Waals surface area contributed by atoms with Gasteiger partial charge in [0.25, 0.3) is 0 Å². The van der Waals surface area contributed by atoms with Crippen LogP contribution < -0.4 is 0 Å². The molecule has 1 rings (SSSR count). The molecule has 0 aromatic carbocycles. The molecule has 0 aromatic rings. The molecule has 0 aliphatic carbocycles. The Kier molecular flexibility index (Phi) is 5.77. The second kappa shape index (κ2) is 7.12. The Balaban J connectivity index is 2.18. The van der Waals surface area contributed by atoms with Crippen molar-refractivity contribution < 1.29 is 14.3 Å². The van der Waals surface area contributed by atoms with Gasteiger partial charge in [0.1, 0.15) is 12.4 Å². The van der Waals surface area contributed by atoms with Crippen molar-refractivity contribution >= 4 is 6.29 Å². The van der Waals surface area contributed by atoms with Crippen LogP contribution in [0.1, 0.15) is 39.5 Å². The summed E-state index contributed by atoms with van der Waals surface area (Å²) in [6.45, 7) is 4.24. The van der Waals surface area contributed by atoms with Crippen LogP contribution in [-0.4, -0.2) is 24.8 Å². The van der Waals surface area contributed by atoms with Crippen LogP contribution in [0, 0.1) is 23.7 Å². The van der Waals surface area contributed by atoms with E-state index >= 15 is 0 Å². The molecule has 1 heterocycles. The Morgan fingerprint density at radius 3 is 2.82 bits per heavy atom. The highest BCUT2D eigenvalue weighted by Gasteiger charge is 2.31. The SMILES string of the molecule is CC1(C)OC[C@H](C#CC#CCCCCC=O)O1. The Morgan fingerprint density at radius 2 is 2.18 bits per heavy atom. The Morgan fingerprint density at radius 1 is 1.35 bits per heavy atom. The molecule has 1 fully saturated rings. The minimum absolute atomic E-state index is 0.172. The summed E-state index contributed by atoms with van der Waals surface area (Å²) in [6, 6.07) is 0. The predicted molar refractivity (Wildman–Crippen MR) is 65.0 cm³/mol. The van der Waals surface area contributed by atoms with Crippen molar-refractivity contribution in [2.75, 3.05) is 6.61 Å². The zero-order valence-corrected chi connectivity index (χ0v) is 10.4. The molecule has 0 N–H and O–H groups in total. The van der Waals surface area contributed by atoms with E-state index in [1.807, 2.05) is 13.8 Å². The molecule has 3 nitrogen and oxygen atoms in total. The highest BCUT2D eigenvalue weighted by atomic mass is 16.7. The predicted octanol–water partition coefficient (Wildman–Crippen LogP) is 1.90. The first-order chi connectivity index (χ1) is 8.14. The van der Waals surface area contributed by atoms with Gasteiger partial charge in [0.15, 0.2) is 5.79 Å². The molecule has 17 heavy (non-hydrogen) atoms. The molecular formula is C14H18O3. The molecular weight excluding hydrogens is 216 g/mol. The van der Waals surface area contributed by atoms with Crippen molar-refractivity contribution in [2.24, 2.45) is 0 Å². The fraction of sp³-hybridized carbons (Fsp3) is 0.643. The highest BCUT2D eigenvalue weighted by molar-refractivity contribution is 5.48. The van der Waals surface area contributed by atoms with E-state index in [4.69, 9.17) is 9.47 Å². The maximum atomic E-state index is 10.1. The van der Waals surface area contributed by atoms with Gasteiger partial charge in [-0.3, -0.25) is 0 Å². The van der Waals surface area contributed by atoms with Crippen LogP contribution in [0.2, 0.25) is 0 Å². The monoisotopic (exact) mass is 234 g/mol. The minimum atomic E-state index is -0.526. The minimum Gasteiger partial charge on any atom is -0.347 e. The molecule has 0 radical (unpaired) electrons. The van der Waals surface area contributed by atoms with Gasteiger partial charge < -0.3 is 14.3 Å². The highest BCUT2D eigenvalue weighted by Crippen LogP contribution is 2.21.